The Hall–Kier alpha value is -3.55. The van der Waals surface area contributed by atoms with Crippen molar-refractivity contribution in [2.45, 2.75) is 57.5 Å². The lowest BCUT2D eigenvalue weighted by Crippen LogP contribution is -2.40. The van der Waals surface area contributed by atoms with Gasteiger partial charge in [-0.2, -0.15) is 5.26 Å². The Morgan fingerprint density at radius 1 is 1.10 bits per heavy atom. The van der Waals surface area contributed by atoms with Crippen LogP contribution in [0.3, 0.4) is 0 Å². The average Bonchev–Trinajstić information content (AvgIpc) is 3.41. The number of hydrogen-bond acceptors (Lipinski definition) is 8. The van der Waals surface area contributed by atoms with Crippen molar-refractivity contribution in [2.24, 2.45) is 11.8 Å². The molecule has 1 aromatic heterocycles. The lowest BCUT2D eigenvalue weighted by Gasteiger charge is -2.31. The van der Waals surface area contributed by atoms with Gasteiger partial charge in [0.15, 0.2) is 9.84 Å². The van der Waals surface area contributed by atoms with Gasteiger partial charge < -0.3 is 14.4 Å². The maximum Gasteiger partial charge on any atom is 0.226 e. The standard InChI is InChI=1S/C32H36FN3O5S/c1-32(2,38)23(20-34)19-28(37)26-5-3-4-6-27(26)30-29(35-31(41-30)22-7-11-24(33)12-8-22)21-9-13-25(14-10-21)36-15-17-42(39,40)18-16-36/h7-14,23,26-27,38H,3-6,15-19H2,1-2H3/t23?,26-,27-/m1/s1. The van der Waals surface area contributed by atoms with Crippen molar-refractivity contribution in [2.75, 3.05) is 29.5 Å². The van der Waals surface area contributed by atoms with Crippen molar-refractivity contribution in [3.05, 3.63) is 60.1 Å². The molecule has 5 rings (SSSR count). The molecule has 1 saturated heterocycles. The average molecular weight is 594 g/mol. The molecule has 2 heterocycles. The zero-order chi connectivity index (χ0) is 30.1. The van der Waals surface area contributed by atoms with E-state index in [1.807, 2.05) is 29.2 Å². The number of halogens is 1. The highest BCUT2D eigenvalue weighted by atomic mass is 32.2. The number of carbonyl (C=O) groups excluding carboxylic acids is 1. The van der Waals surface area contributed by atoms with Gasteiger partial charge >= 0.3 is 0 Å². The number of rotatable bonds is 8. The summed E-state index contributed by atoms with van der Waals surface area (Å²) >= 11 is 0. The number of hydrogen-bond donors (Lipinski definition) is 1. The van der Waals surface area contributed by atoms with E-state index >= 15 is 0 Å². The van der Waals surface area contributed by atoms with Gasteiger partial charge in [-0.25, -0.2) is 17.8 Å². The van der Waals surface area contributed by atoms with Crippen molar-refractivity contribution in [3.63, 3.8) is 0 Å². The molecule has 1 N–H and O–H groups in total. The van der Waals surface area contributed by atoms with Gasteiger partial charge in [-0.1, -0.05) is 25.0 Å². The van der Waals surface area contributed by atoms with Crippen molar-refractivity contribution < 1.29 is 27.1 Å². The molecular formula is C32H36FN3O5S. The maximum absolute atomic E-state index is 13.7. The van der Waals surface area contributed by atoms with Gasteiger partial charge in [0.05, 0.1) is 29.1 Å². The van der Waals surface area contributed by atoms with Crippen molar-refractivity contribution in [3.8, 4) is 28.8 Å². The summed E-state index contributed by atoms with van der Waals surface area (Å²) in [6.45, 7) is 3.96. The fourth-order valence-electron chi connectivity index (χ4n) is 5.94. The molecule has 1 unspecified atom stereocenters. The topological polar surface area (TPSA) is 124 Å². The molecule has 0 spiro atoms. The van der Waals surface area contributed by atoms with Crippen LogP contribution in [0.25, 0.3) is 22.7 Å². The number of anilines is 1. The second-order valence-electron chi connectivity index (χ2n) is 11.9. The fourth-order valence-corrected chi connectivity index (χ4v) is 7.14. The minimum atomic E-state index is -3.00. The molecule has 0 bridgehead atoms. The van der Waals surface area contributed by atoms with Crippen LogP contribution in [-0.2, 0) is 14.6 Å². The molecule has 0 amide bonds. The molecular weight excluding hydrogens is 557 g/mol. The third-order valence-corrected chi connectivity index (χ3v) is 10.1. The molecule has 3 atom stereocenters. The molecule has 8 nitrogen and oxygen atoms in total. The van der Waals surface area contributed by atoms with Crippen LogP contribution in [0.15, 0.2) is 52.9 Å². The van der Waals surface area contributed by atoms with E-state index in [4.69, 9.17) is 9.40 Å². The van der Waals surface area contributed by atoms with Gasteiger partial charge in [-0.3, -0.25) is 4.79 Å². The predicted octanol–water partition coefficient (Wildman–Crippen LogP) is 5.53. The van der Waals surface area contributed by atoms with Crippen LogP contribution in [0.5, 0.6) is 0 Å². The summed E-state index contributed by atoms with van der Waals surface area (Å²) in [5.74, 6) is -0.766. The van der Waals surface area contributed by atoms with E-state index in [-0.39, 0.29) is 41.4 Å². The zero-order valence-corrected chi connectivity index (χ0v) is 24.7. The molecule has 1 aliphatic heterocycles. The predicted molar refractivity (Wildman–Crippen MR) is 158 cm³/mol. The molecule has 3 aromatic rings. The molecule has 1 aliphatic carbocycles. The van der Waals surface area contributed by atoms with E-state index in [0.717, 1.165) is 24.1 Å². The molecule has 1 saturated carbocycles. The summed E-state index contributed by atoms with van der Waals surface area (Å²) in [7, 11) is -3.00. The van der Waals surface area contributed by atoms with E-state index in [9.17, 15) is 28.0 Å². The second kappa shape index (κ2) is 12.0. The number of benzene rings is 2. The van der Waals surface area contributed by atoms with Gasteiger partial charge in [-0.15, -0.1) is 0 Å². The van der Waals surface area contributed by atoms with E-state index in [1.54, 1.807) is 26.0 Å². The first-order chi connectivity index (χ1) is 19.9. The first kappa shape index (κ1) is 29.9. The number of nitriles is 1. The molecule has 222 valence electrons. The van der Waals surface area contributed by atoms with Gasteiger partial charge in [0.1, 0.15) is 23.1 Å². The zero-order valence-electron chi connectivity index (χ0n) is 23.9. The van der Waals surface area contributed by atoms with Crippen LogP contribution in [0.2, 0.25) is 0 Å². The smallest absolute Gasteiger partial charge is 0.226 e. The quantitative estimate of drug-likeness (QED) is 0.362. The minimum Gasteiger partial charge on any atom is -0.440 e. The van der Waals surface area contributed by atoms with Crippen molar-refractivity contribution >= 4 is 21.3 Å². The van der Waals surface area contributed by atoms with Crippen molar-refractivity contribution in [1.82, 2.24) is 4.98 Å². The third-order valence-electron chi connectivity index (χ3n) is 8.53. The Kier molecular flexibility index (Phi) is 8.53. The normalized spacial score (nSPS) is 21.5. The third kappa shape index (κ3) is 6.58. The van der Waals surface area contributed by atoms with Gasteiger partial charge in [0.2, 0.25) is 5.89 Å². The van der Waals surface area contributed by atoms with Crippen LogP contribution in [-0.4, -0.2) is 54.5 Å². The lowest BCUT2D eigenvalue weighted by molar-refractivity contribution is -0.126. The van der Waals surface area contributed by atoms with Crippen LogP contribution >= 0.6 is 0 Å². The Morgan fingerprint density at radius 2 is 1.71 bits per heavy atom. The number of Topliss-reactive ketones (excluding diaryl/α,β-unsaturated/α-hetero) is 1. The Morgan fingerprint density at radius 3 is 2.33 bits per heavy atom. The van der Waals surface area contributed by atoms with Crippen molar-refractivity contribution in [1.29, 1.82) is 5.26 Å². The highest BCUT2D eigenvalue weighted by Gasteiger charge is 2.39. The van der Waals surface area contributed by atoms with Crippen LogP contribution in [0.4, 0.5) is 10.1 Å². The number of ketones is 1. The summed E-state index contributed by atoms with van der Waals surface area (Å²) in [6, 6.07) is 15.7. The number of sulfone groups is 1. The lowest BCUT2D eigenvalue weighted by atomic mass is 9.72. The Balaban J connectivity index is 1.50. The summed E-state index contributed by atoms with van der Waals surface area (Å²) in [4.78, 5) is 20.5. The number of carbonyl (C=O) groups is 1. The van der Waals surface area contributed by atoms with E-state index in [2.05, 4.69) is 6.07 Å². The molecule has 2 aromatic carbocycles. The number of aliphatic hydroxyl groups is 1. The maximum atomic E-state index is 13.7. The number of oxazole rings is 1. The summed E-state index contributed by atoms with van der Waals surface area (Å²) in [5.41, 5.74) is 1.62. The van der Waals surface area contributed by atoms with E-state index in [1.165, 1.54) is 12.1 Å². The highest BCUT2D eigenvalue weighted by molar-refractivity contribution is 7.91. The largest absolute Gasteiger partial charge is 0.440 e. The summed E-state index contributed by atoms with van der Waals surface area (Å²) in [5, 5.41) is 20.1. The summed E-state index contributed by atoms with van der Waals surface area (Å²) in [6.07, 6.45) is 3.10. The minimum absolute atomic E-state index is 0.0459. The molecule has 10 heteroatoms. The monoisotopic (exact) mass is 593 g/mol. The first-order valence-corrected chi connectivity index (χ1v) is 16.2. The van der Waals surface area contributed by atoms with Crippen LogP contribution in [0, 0.1) is 29.0 Å². The molecule has 2 fully saturated rings. The SMILES string of the molecule is CC(C)(O)C(C#N)CC(=O)[C@@H]1CCCC[C@H]1c1oc(-c2ccc(F)cc2)nc1-c1ccc(N2CCS(=O)(=O)CC2)cc1. The molecule has 2 aliphatic rings. The molecule has 42 heavy (non-hydrogen) atoms. The Bertz CT molecular complexity index is 1560. The van der Waals surface area contributed by atoms with Gasteiger partial charge in [0, 0.05) is 48.2 Å². The fraction of sp³-hybridized carbons (Fsp3) is 0.469. The molecule has 0 radical (unpaired) electrons. The van der Waals surface area contributed by atoms with Gasteiger partial charge in [-0.05, 0) is 63.1 Å². The van der Waals surface area contributed by atoms with Crippen LogP contribution < -0.4 is 4.90 Å². The van der Waals surface area contributed by atoms with Crippen LogP contribution in [0.1, 0.15) is 57.6 Å². The summed E-state index contributed by atoms with van der Waals surface area (Å²) < 4.78 is 43.8. The highest BCUT2D eigenvalue weighted by Crippen LogP contribution is 2.45. The van der Waals surface area contributed by atoms with Gasteiger partial charge in [0.25, 0.3) is 0 Å². The van der Waals surface area contributed by atoms with E-state index in [0.29, 0.717) is 48.8 Å². The first-order valence-electron chi connectivity index (χ1n) is 14.4. The number of aromatic nitrogens is 1. The number of nitrogens with zero attached hydrogens (tertiary/aromatic N) is 3. The Labute approximate surface area is 246 Å². The van der Waals surface area contributed by atoms with E-state index < -0.39 is 21.4 Å². The second-order valence-corrected chi connectivity index (χ2v) is 14.2.